The molecule has 0 aliphatic heterocycles. The summed E-state index contributed by atoms with van der Waals surface area (Å²) in [6, 6.07) is 7.39. The predicted octanol–water partition coefficient (Wildman–Crippen LogP) is 3.66. The number of aromatic nitrogens is 2. The van der Waals surface area contributed by atoms with E-state index in [0.29, 0.717) is 11.1 Å². The first-order valence-electron chi connectivity index (χ1n) is 6.72. The van der Waals surface area contributed by atoms with E-state index in [1.807, 2.05) is 18.2 Å². The number of ether oxygens (including phenoxy) is 2. The van der Waals surface area contributed by atoms with Gasteiger partial charge in [0.25, 0.3) is 0 Å². The van der Waals surface area contributed by atoms with E-state index >= 15 is 0 Å². The summed E-state index contributed by atoms with van der Waals surface area (Å²) in [5.74, 6) is -0.300. The van der Waals surface area contributed by atoms with Crippen LogP contribution in [-0.4, -0.2) is 28.2 Å². The summed E-state index contributed by atoms with van der Waals surface area (Å²) in [5.41, 5.74) is 1.23. The van der Waals surface area contributed by atoms with Crippen molar-refractivity contribution in [1.29, 1.82) is 0 Å². The van der Waals surface area contributed by atoms with Crippen molar-refractivity contribution in [3.63, 3.8) is 0 Å². The van der Waals surface area contributed by atoms with E-state index in [-0.39, 0.29) is 22.9 Å². The number of carbonyl (C=O) groups is 1. The van der Waals surface area contributed by atoms with E-state index in [0.717, 1.165) is 5.56 Å². The Bertz CT molecular complexity index is 747. The molecule has 0 saturated heterocycles. The van der Waals surface area contributed by atoms with E-state index in [1.54, 1.807) is 13.0 Å². The molecule has 1 heterocycles. The third-order valence-electron chi connectivity index (χ3n) is 3.03. The summed E-state index contributed by atoms with van der Waals surface area (Å²) in [5, 5.41) is 10.1. The molecule has 1 aromatic heterocycles. The highest BCUT2D eigenvalue weighted by atomic mass is 79.9. The minimum absolute atomic E-state index is 0.00842. The van der Waals surface area contributed by atoms with Crippen LogP contribution in [-0.2, 0) is 10.1 Å². The van der Waals surface area contributed by atoms with Gasteiger partial charge in [-0.05, 0) is 24.6 Å². The molecule has 0 amide bonds. The molecule has 0 bridgehead atoms. The second kappa shape index (κ2) is 7.73. The molecule has 0 fully saturated rings. The van der Waals surface area contributed by atoms with Crippen LogP contribution >= 0.6 is 15.9 Å². The van der Waals surface area contributed by atoms with Gasteiger partial charge in [0.1, 0.15) is 17.6 Å². The molecule has 120 valence electrons. The van der Waals surface area contributed by atoms with Gasteiger partial charge in [-0.3, -0.25) is 0 Å². The first-order valence-corrected chi connectivity index (χ1v) is 7.84. The third kappa shape index (κ3) is 3.87. The lowest BCUT2D eigenvalue weighted by Crippen LogP contribution is -2.06. The predicted molar refractivity (Wildman–Crippen MR) is 89.0 cm³/mol. The smallest absolute Gasteiger partial charge is 0.336 e. The zero-order chi connectivity index (χ0) is 16.8. The summed E-state index contributed by atoms with van der Waals surface area (Å²) >= 11 is 3.38. The molecule has 0 aliphatic rings. The number of carboxylic acids is 1. The largest absolute Gasteiger partial charge is 0.480 e. The van der Waals surface area contributed by atoms with Gasteiger partial charge in [-0.15, -0.1) is 0 Å². The fourth-order valence-electron chi connectivity index (χ4n) is 2.00. The van der Waals surface area contributed by atoms with Crippen LogP contribution in [0.15, 0.2) is 36.7 Å². The highest BCUT2D eigenvalue weighted by Crippen LogP contribution is 2.34. The molecular formula is C16H15BrN2O4. The van der Waals surface area contributed by atoms with E-state index in [4.69, 9.17) is 9.47 Å². The van der Waals surface area contributed by atoms with Gasteiger partial charge in [0.2, 0.25) is 11.8 Å². The number of carboxylic acid groups (broad SMARTS) is 1. The Morgan fingerprint density at radius 3 is 2.70 bits per heavy atom. The number of nitrogens with zero attached hydrogens (tertiary/aromatic N) is 2. The Labute approximate surface area is 141 Å². The molecule has 0 saturated carbocycles. The zero-order valence-corrected chi connectivity index (χ0v) is 14.2. The third-order valence-corrected chi connectivity index (χ3v) is 3.67. The minimum Gasteiger partial charge on any atom is -0.480 e. The first-order chi connectivity index (χ1) is 11.1. The van der Waals surface area contributed by atoms with E-state index in [1.165, 1.54) is 19.5 Å². The lowest BCUT2D eigenvalue weighted by Gasteiger charge is -2.13. The summed E-state index contributed by atoms with van der Waals surface area (Å²) in [6.45, 7) is 1.62. The Kier molecular flexibility index (Phi) is 5.70. The van der Waals surface area contributed by atoms with Crippen LogP contribution in [0, 0.1) is 0 Å². The Morgan fingerprint density at radius 2 is 2.09 bits per heavy atom. The lowest BCUT2D eigenvalue weighted by atomic mass is 10.1. The standard InChI is InChI=1S/C16H15BrN2O4/c1-3-12(16(20)21)13-14(22-2)18-9-19-15(13)23-11-6-4-5-10(7-11)8-17/h3-7,9H,8H2,1-2H3,(H,20,21). The summed E-state index contributed by atoms with van der Waals surface area (Å²) in [7, 11) is 1.41. The van der Waals surface area contributed by atoms with Crippen molar-refractivity contribution in [1.82, 2.24) is 9.97 Å². The van der Waals surface area contributed by atoms with Crippen molar-refractivity contribution in [2.45, 2.75) is 12.3 Å². The van der Waals surface area contributed by atoms with Crippen molar-refractivity contribution < 1.29 is 19.4 Å². The molecule has 23 heavy (non-hydrogen) atoms. The second-order valence-electron chi connectivity index (χ2n) is 4.45. The van der Waals surface area contributed by atoms with Crippen LogP contribution in [0.2, 0.25) is 0 Å². The van der Waals surface area contributed by atoms with Gasteiger partial charge < -0.3 is 14.6 Å². The fraction of sp³-hybridized carbons (Fsp3) is 0.188. The number of hydrogen-bond acceptors (Lipinski definition) is 5. The highest BCUT2D eigenvalue weighted by Gasteiger charge is 2.22. The number of hydrogen-bond donors (Lipinski definition) is 1. The Balaban J connectivity index is 2.51. The van der Waals surface area contributed by atoms with Crippen LogP contribution in [0.5, 0.6) is 17.5 Å². The quantitative estimate of drug-likeness (QED) is 0.610. The Morgan fingerprint density at radius 1 is 1.35 bits per heavy atom. The zero-order valence-electron chi connectivity index (χ0n) is 12.6. The fourth-order valence-corrected chi connectivity index (χ4v) is 2.34. The summed E-state index contributed by atoms with van der Waals surface area (Å²) in [6.07, 6.45) is 2.71. The number of benzene rings is 1. The average molecular weight is 379 g/mol. The van der Waals surface area contributed by atoms with E-state index < -0.39 is 5.97 Å². The number of allylic oxidation sites excluding steroid dienone is 1. The van der Waals surface area contributed by atoms with Crippen LogP contribution in [0.1, 0.15) is 18.1 Å². The normalized spacial score (nSPS) is 11.2. The number of alkyl halides is 1. The monoisotopic (exact) mass is 378 g/mol. The first kappa shape index (κ1) is 17.0. The Hall–Kier alpha value is -2.41. The molecule has 0 unspecified atom stereocenters. The molecule has 7 heteroatoms. The van der Waals surface area contributed by atoms with Gasteiger partial charge in [0.15, 0.2) is 0 Å². The summed E-state index contributed by atoms with van der Waals surface area (Å²) < 4.78 is 10.9. The van der Waals surface area contributed by atoms with Crippen molar-refractivity contribution in [2.24, 2.45) is 0 Å². The lowest BCUT2D eigenvalue weighted by molar-refractivity contribution is -0.130. The van der Waals surface area contributed by atoms with E-state index in [2.05, 4.69) is 25.9 Å². The van der Waals surface area contributed by atoms with Crippen LogP contribution in [0.25, 0.3) is 5.57 Å². The van der Waals surface area contributed by atoms with Gasteiger partial charge in [0, 0.05) is 5.33 Å². The van der Waals surface area contributed by atoms with Gasteiger partial charge in [-0.1, -0.05) is 34.1 Å². The SMILES string of the molecule is CC=C(C(=O)O)c1c(OC)ncnc1Oc1cccc(CBr)c1. The van der Waals surface area contributed by atoms with Gasteiger partial charge in [-0.25, -0.2) is 14.8 Å². The molecular weight excluding hydrogens is 364 g/mol. The molecule has 1 aromatic carbocycles. The van der Waals surface area contributed by atoms with Crippen LogP contribution in [0.4, 0.5) is 0 Å². The van der Waals surface area contributed by atoms with E-state index in [9.17, 15) is 9.90 Å². The van der Waals surface area contributed by atoms with Gasteiger partial charge >= 0.3 is 5.97 Å². The van der Waals surface area contributed by atoms with Crippen LogP contribution in [0.3, 0.4) is 0 Å². The number of methoxy groups -OCH3 is 1. The highest BCUT2D eigenvalue weighted by molar-refractivity contribution is 9.08. The molecule has 0 radical (unpaired) electrons. The number of aliphatic carboxylic acids is 1. The molecule has 0 atom stereocenters. The minimum atomic E-state index is -1.11. The molecule has 1 N–H and O–H groups in total. The van der Waals surface area contributed by atoms with Gasteiger partial charge in [-0.2, -0.15) is 0 Å². The van der Waals surface area contributed by atoms with Crippen molar-refractivity contribution in [2.75, 3.05) is 7.11 Å². The number of halogens is 1. The van der Waals surface area contributed by atoms with Crippen molar-refractivity contribution in [3.8, 4) is 17.5 Å². The number of rotatable bonds is 6. The van der Waals surface area contributed by atoms with Crippen molar-refractivity contribution in [3.05, 3.63) is 47.8 Å². The molecule has 6 nitrogen and oxygen atoms in total. The molecule has 2 aromatic rings. The summed E-state index contributed by atoms with van der Waals surface area (Å²) in [4.78, 5) is 19.5. The van der Waals surface area contributed by atoms with Crippen LogP contribution < -0.4 is 9.47 Å². The van der Waals surface area contributed by atoms with Gasteiger partial charge in [0.05, 0.1) is 12.7 Å². The topological polar surface area (TPSA) is 81.5 Å². The van der Waals surface area contributed by atoms with Crippen molar-refractivity contribution >= 4 is 27.5 Å². The maximum absolute atomic E-state index is 11.5. The second-order valence-corrected chi connectivity index (χ2v) is 5.01. The maximum atomic E-state index is 11.5. The molecule has 0 aliphatic carbocycles. The molecule has 0 spiro atoms. The average Bonchev–Trinajstić information content (AvgIpc) is 2.56. The molecule has 2 rings (SSSR count). The maximum Gasteiger partial charge on any atom is 0.336 e.